The molecule has 2 aliphatic rings. The minimum Gasteiger partial charge on any atom is -0.339 e. The van der Waals surface area contributed by atoms with E-state index in [9.17, 15) is 4.79 Å². The molecule has 0 saturated carbocycles. The van der Waals surface area contributed by atoms with Crippen LogP contribution in [-0.4, -0.2) is 65.4 Å². The standard InChI is InChI=1S/C20H25N5O/c1-23-10-7-16-5-2-3-6-17(16)18(23)15-19(26)24-11-13-25(14-12-24)20-21-8-4-9-22-20/h2-6,8-9,18H,7,10-15H2,1H3/t18-/m1/s1. The smallest absolute Gasteiger partial charge is 0.225 e. The Morgan fingerprint density at radius 3 is 2.54 bits per heavy atom. The first-order valence-electron chi connectivity index (χ1n) is 9.30. The van der Waals surface area contributed by atoms with Crippen molar-refractivity contribution < 1.29 is 4.79 Å². The van der Waals surface area contributed by atoms with Gasteiger partial charge in [0, 0.05) is 57.6 Å². The topological polar surface area (TPSA) is 52.6 Å². The quantitative estimate of drug-likeness (QED) is 0.843. The Morgan fingerprint density at radius 2 is 1.77 bits per heavy atom. The highest BCUT2D eigenvalue weighted by Crippen LogP contribution is 2.31. The number of rotatable bonds is 3. The first-order chi connectivity index (χ1) is 12.7. The number of amides is 1. The molecule has 0 aliphatic carbocycles. The van der Waals surface area contributed by atoms with Crippen LogP contribution in [0.25, 0.3) is 0 Å². The van der Waals surface area contributed by atoms with Crippen LogP contribution in [0.2, 0.25) is 0 Å². The number of nitrogens with zero attached hydrogens (tertiary/aromatic N) is 5. The van der Waals surface area contributed by atoms with Crippen molar-refractivity contribution in [3.05, 3.63) is 53.9 Å². The van der Waals surface area contributed by atoms with Crippen molar-refractivity contribution in [2.24, 2.45) is 0 Å². The summed E-state index contributed by atoms with van der Waals surface area (Å²) >= 11 is 0. The zero-order chi connectivity index (χ0) is 17.9. The maximum atomic E-state index is 12.9. The van der Waals surface area contributed by atoms with E-state index in [2.05, 4.69) is 51.1 Å². The molecule has 1 atom stereocenters. The first-order valence-corrected chi connectivity index (χ1v) is 9.30. The molecule has 2 aliphatic heterocycles. The van der Waals surface area contributed by atoms with E-state index in [0.29, 0.717) is 6.42 Å². The lowest BCUT2D eigenvalue weighted by Crippen LogP contribution is -2.50. The number of carbonyl (C=O) groups is 1. The third-order valence-electron chi connectivity index (χ3n) is 5.52. The number of likely N-dealkylation sites (N-methyl/N-ethyl adjacent to an activating group) is 1. The van der Waals surface area contributed by atoms with Crippen LogP contribution in [-0.2, 0) is 11.2 Å². The summed E-state index contributed by atoms with van der Waals surface area (Å²) < 4.78 is 0. The molecule has 2 aromatic rings. The zero-order valence-electron chi connectivity index (χ0n) is 15.2. The van der Waals surface area contributed by atoms with Gasteiger partial charge in [0.05, 0.1) is 0 Å². The maximum Gasteiger partial charge on any atom is 0.225 e. The van der Waals surface area contributed by atoms with Gasteiger partial charge in [-0.15, -0.1) is 0 Å². The van der Waals surface area contributed by atoms with Gasteiger partial charge in [0.2, 0.25) is 11.9 Å². The average Bonchev–Trinajstić information content (AvgIpc) is 2.71. The summed E-state index contributed by atoms with van der Waals surface area (Å²) in [4.78, 5) is 28.0. The predicted octanol–water partition coefficient (Wildman–Crippen LogP) is 1.74. The average molecular weight is 351 g/mol. The van der Waals surface area contributed by atoms with Gasteiger partial charge in [0.1, 0.15) is 0 Å². The second kappa shape index (κ2) is 7.41. The number of aromatic nitrogens is 2. The van der Waals surface area contributed by atoms with Crippen molar-refractivity contribution in [1.82, 2.24) is 19.8 Å². The number of anilines is 1. The Morgan fingerprint density at radius 1 is 1.04 bits per heavy atom. The molecule has 26 heavy (non-hydrogen) atoms. The highest BCUT2D eigenvalue weighted by molar-refractivity contribution is 5.77. The molecule has 1 fully saturated rings. The van der Waals surface area contributed by atoms with E-state index < -0.39 is 0 Å². The second-order valence-corrected chi connectivity index (χ2v) is 7.07. The summed E-state index contributed by atoms with van der Waals surface area (Å²) in [5.41, 5.74) is 2.69. The molecule has 1 saturated heterocycles. The van der Waals surface area contributed by atoms with Crippen LogP contribution in [0.1, 0.15) is 23.6 Å². The number of piperazine rings is 1. The van der Waals surface area contributed by atoms with E-state index in [-0.39, 0.29) is 11.9 Å². The Kier molecular flexibility index (Phi) is 4.84. The Balaban J connectivity index is 1.39. The highest BCUT2D eigenvalue weighted by Gasteiger charge is 2.29. The van der Waals surface area contributed by atoms with Crippen molar-refractivity contribution in [3.8, 4) is 0 Å². The van der Waals surface area contributed by atoms with Crippen molar-refractivity contribution in [2.75, 3.05) is 44.7 Å². The van der Waals surface area contributed by atoms with Crippen molar-refractivity contribution in [1.29, 1.82) is 0 Å². The molecule has 1 amide bonds. The van der Waals surface area contributed by atoms with Crippen LogP contribution < -0.4 is 4.90 Å². The summed E-state index contributed by atoms with van der Waals surface area (Å²) in [6.45, 7) is 4.04. The molecular weight excluding hydrogens is 326 g/mol. The molecule has 1 aromatic carbocycles. The molecule has 0 N–H and O–H groups in total. The van der Waals surface area contributed by atoms with E-state index in [0.717, 1.165) is 45.1 Å². The van der Waals surface area contributed by atoms with Gasteiger partial charge in [-0.3, -0.25) is 9.69 Å². The molecule has 3 heterocycles. The van der Waals surface area contributed by atoms with Gasteiger partial charge < -0.3 is 9.80 Å². The van der Waals surface area contributed by atoms with Crippen LogP contribution in [0, 0.1) is 0 Å². The van der Waals surface area contributed by atoms with E-state index in [1.807, 2.05) is 11.0 Å². The lowest BCUT2D eigenvalue weighted by atomic mass is 9.91. The molecule has 0 unspecified atom stereocenters. The minimum atomic E-state index is 0.183. The molecule has 0 bridgehead atoms. The highest BCUT2D eigenvalue weighted by atomic mass is 16.2. The molecular formula is C20H25N5O. The Bertz CT molecular complexity index is 758. The van der Waals surface area contributed by atoms with Gasteiger partial charge in [0.15, 0.2) is 0 Å². The normalized spacial score (nSPS) is 20.7. The fourth-order valence-electron chi connectivity index (χ4n) is 3.95. The van der Waals surface area contributed by atoms with Crippen LogP contribution in [0.15, 0.2) is 42.7 Å². The van der Waals surface area contributed by atoms with E-state index in [1.54, 1.807) is 12.4 Å². The van der Waals surface area contributed by atoms with Gasteiger partial charge in [-0.25, -0.2) is 9.97 Å². The number of carbonyl (C=O) groups excluding carboxylic acids is 1. The fourth-order valence-corrected chi connectivity index (χ4v) is 3.95. The lowest BCUT2D eigenvalue weighted by molar-refractivity contribution is -0.132. The summed E-state index contributed by atoms with van der Waals surface area (Å²) in [7, 11) is 2.12. The van der Waals surface area contributed by atoms with Crippen molar-refractivity contribution in [3.63, 3.8) is 0 Å². The SMILES string of the molecule is CN1CCc2ccccc2[C@H]1CC(=O)N1CCN(c2ncccn2)CC1. The van der Waals surface area contributed by atoms with Gasteiger partial charge in [-0.2, -0.15) is 0 Å². The van der Waals surface area contributed by atoms with Crippen molar-refractivity contribution >= 4 is 11.9 Å². The number of benzene rings is 1. The molecule has 4 rings (SSSR count). The Labute approximate surface area is 154 Å². The third-order valence-corrected chi connectivity index (χ3v) is 5.52. The van der Waals surface area contributed by atoms with Crippen LogP contribution in [0.3, 0.4) is 0 Å². The van der Waals surface area contributed by atoms with Gasteiger partial charge in [-0.05, 0) is 30.7 Å². The van der Waals surface area contributed by atoms with E-state index in [1.165, 1.54) is 11.1 Å². The van der Waals surface area contributed by atoms with Crippen LogP contribution >= 0.6 is 0 Å². The minimum absolute atomic E-state index is 0.183. The predicted molar refractivity (Wildman–Crippen MR) is 101 cm³/mol. The van der Waals surface area contributed by atoms with Gasteiger partial charge >= 0.3 is 0 Å². The number of hydrogen-bond acceptors (Lipinski definition) is 5. The van der Waals surface area contributed by atoms with Crippen molar-refractivity contribution in [2.45, 2.75) is 18.9 Å². The van der Waals surface area contributed by atoms with E-state index in [4.69, 9.17) is 0 Å². The van der Waals surface area contributed by atoms with Crippen LogP contribution in [0.5, 0.6) is 0 Å². The summed E-state index contributed by atoms with van der Waals surface area (Å²) in [5.74, 6) is 0.993. The van der Waals surface area contributed by atoms with Gasteiger partial charge in [0.25, 0.3) is 0 Å². The number of fused-ring (bicyclic) bond motifs is 1. The second-order valence-electron chi connectivity index (χ2n) is 7.07. The van der Waals surface area contributed by atoms with Gasteiger partial charge in [-0.1, -0.05) is 24.3 Å². The molecule has 6 nitrogen and oxygen atoms in total. The Hall–Kier alpha value is -2.47. The first kappa shape index (κ1) is 17.0. The molecule has 1 aromatic heterocycles. The molecule has 0 spiro atoms. The largest absolute Gasteiger partial charge is 0.339 e. The molecule has 0 radical (unpaired) electrons. The summed E-state index contributed by atoms with van der Waals surface area (Å²) in [6, 6.07) is 10.5. The fraction of sp³-hybridized carbons (Fsp3) is 0.450. The van der Waals surface area contributed by atoms with E-state index >= 15 is 0 Å². The summed E-state index contributed by atoms with van der Waals surface area (Å²) in [6.07, 6.45) is 5.13. The third kappa shape index (κ3) is 3.42. The summed E-state index contributed by atoms with van der Waals surface area (Å²) in [5, 5.41) is 0. The van der Waals surface area contributed by atoms with Crippen LogP contribution in [0.4, 0.5) is 5.95 Å². The zero-order valence-corrected chi connectivity index (χ0v) is 15.2. The lowest BCUT2D eigenvalue weighted by Gasteiger charge is -2.38. The monoisotopic (exact) mass is 351 g/mol. The maximum absolute atomic E-state index is 12.9. The number of hydrogen-bond donors (Lipinski definition) is 0. The molecule has 136 valence electrons. The molecule has 6 heteroatoms.